The van der Waals surface area contributed by atoms with E-state index in [-0.39, 0.29) is 0 Å². The third-order valence-corrected chi connectivity index (χ3v) is 3.57. The molecule has 1 heterocycles. The van der Waals surface area contributed by atoms with Gasteiger partial charge in [0.1, 0.15) is 6.33 Å². The Hall–Kier alpha value is -0.960. The van der Waals surface area contributed by atoms with Crippen LogP contribution < -0.4 is 5.32 Å². The van der Waals surface area contributed by atoms with E-state index in [1.165, 1.54) is 31.2 Å². The Morgan fingerprint density at radius 3 is 2.75 bits per heavy atom. The molecule has 0 spiro atoms. The standard InChI is InChI=1S/C13H21N3/c1-2-14-7-11-5-3-4-6-13(11)12-8-15-10-16-9-12/h8-11,13-14H,2-7H2,1H3. The molecule has 0 bridgehead atoms. The monoisotopic (exact) mass is 219 g/mol. The first-order valence-corrected chi connectivity index (χ1v) is 6.37. The van der Waals surface area contributed by atoms with Crippen LogP contribution in [-0.2, 0) is 0 Å². The second kappa shape index (κ2) is 5.94. The highest BCUT2D eigenvalue weighted by atomic mass is 14.9. The Kier molecular flexibility index (Phi) is 4.28. The van der Waals surface area contributed by atoms with Gasteiger partial charge in [-0.2, -0.15) is 0 Å². The minimum absolute atomic E-state index is 0.661. The van der Waals surface area contributed by atoms with Crippen LogP contribution in [0.1, 0.15) is 44.1 Å². The van der Waals surface area contributed by atoms with Crippen LogP contribution in [0.2, 0.25) is 0 Å². The van der Waals surface area contributed by atoms with Crippen LogP contribution in [0, 0.1) is 5.92 Å². The van der Waals surface area contributed by atoms with E-state index in [1.807, 2.05) is 12.4 Å². The van der Waals surface area contributed by atoms with Gasteiger partial charge >= 0.3 is 0 Å². The third-order valence-electron chi connectivity index (χ3n) is 3.57. The zero-order chi connectivity index (χ0) is 11.2. The lowest BCUT2D eigenvalue weighted by Crippen LogP contribution is -2.29. The molecular weight excluding hydrogens is 198 g/mol. The molecule has 2 rings (SSSR count). The van der Waals surface area contributed by atoms with Gasteiger partial charge in [0.05, 0.1) is 0 Å². The maximum atomic E-state index is 4.14. The molecule has 88 valence electrons. The summed E-state index contributed by atoms with van der Waals surface area (Å²) in [6.07, 6.45) is 11.0. The van der Waals surface area contributed by atoms with Gasteiger partial charge in [-0.25, -0.2) is 9.97 Å². The summed E-state index contributed by atoms with van der Waals surface area (Å²) in [7, 11) is 0. The van der Waals surface area contributed by atoms with Gasteiger partial charge in [-0.3, -0.25) is 0 Å². The summed E-state index contributed by atoms with van der Waals surface area (Å²) in [6.45, 7) is 4.37. The van der Waals surface area contributed by atoms with Crippen molar-refractivity contribution in [3.05, 3.63) is 24.3 Å². The Morgan fingerprint density at radius 1 is 1.25 bits per heavy atom. The first kappa shape index (κ1) is 11.5. The van der Waals surface area contributed by atoms with Crippen LogP contribution in [0.3, 0.4) is 0 Å². The summed E-state index contributed by atoms with van der Waals surface area (Å²) >= 11 is 0. The number of rotatable bonds is 4. The molecule has 1 fully saturated rings. The molecule has 2 atom stereocenters. The molecule has 0 aliphatic heterocycles. The topological polar surface area (TPSA) is 37.8 Å². The van der Waals surface area contributed by atoms with Crippen molar-refractivity contribution in [3.63, 3.8) is 0 Å². The second-order valence-electron chi connectivity index (χ2n) is 4.63. The summed E-state index contributed by atoms with van der Waals surface area (Å²) in [5.41, 5.74) is 1.32. The van der Waals surface area contributed by atoms with Crippen LogP contribution in [0.15, 0.2) is 18.7 Å². The normalized spacial score (nSPS) is 25.6. The van der Waals surface area contributed by atoms with E-state index < -0.39 is 0 Å². The maximum absolute atomic E-state index is 4.14. The van der Waals surface area contributed by atoms with Gasteiger partial charge in [-0.15, -0.1) is 0 Å². The number of nitrogens with one attached hydrogen (secondary N) is 1. The quantitative estimate of drug-likeness (QED) is 0.844. The first-order chi connectivity index (χ1) is 7.92. The Balaban J connectivity index is 2.04. The predicted octanol–water partition coefficient (Wildman–Crippen LogP) is 2.36. The predicted molar refractivity (Wildman–Crippen MR) is 65.3 cm³/mol. The van der Waals surface area contributed by atoms with Crippen molar-refractivity contribution in [1.82, 2.24) is 15.3 Å². The largest absolute Gasteiger partial charge is 0.317 e. The van der Waals surface area contributed by atoms with Crippen molar-refractivity contribution in [3.8, 4) is 0 Å². The van der Waals surface area contributed by atoms with E-state index >= 15 is 0 Å². The van der Waals surface area contributed by atoms with E-state index in [0.717, 1.165) is 19.0 Å². The van der Waals surface area contributed by atoms with E-state index in [9.17, 15) is 0 Å². The highest BCUT2D eigenvalue weighted by molar-refractivity contribution is 5.12. The summed E-state index contributed by atoms with van der Waals surface area (Å²) in [4.78, 5) is 8.29. The van der Waals surface area contributed by atoms with Crippen LogP contribution in [-0.4, -0.2) is 23.1 Å². The lowest BCUT2D eigenvalue weighted by Gasteiger charge is -2.31. The van der Waals surface area contributed by atoms with Gasteiger partial charge in [0.2, 0.25) is 0 Å². The number of hydrogen-bond donors (Lipinski definition) is 1. The van der Waals surface area contributed by atoms with Crippen molar-refractivity contribution in [1.29, 1.82) is 0 Å². The van der Waals surface area contributed by atoms with Gasteiger partial charge in [-0.1, -0.05) is 19.8 Å². The minimum Gasteiger partial charge on any atom is -0.317 e. The van der Waals surface area contributed by atoms with Crippen LogP contribution >= 0.6 is 0 Å². The van der Waals surface area contributed by atoms with Crippen molar-refractivity contribution >= 4 is 0 Å². The number of nitrogens with zero attached hydrogens (tertiary/aromatic N) is 2. The molecule has 0 radical (unpaired) electrons. The highest BCUT2D eigenvalue weighted by Gasteiger charge is 2.26. The van der Waals surface area contributed by atoms with Crippen LogP contribution in [0.25, 0.3) is 0 Å². The third kappa shape index (κ3) is 2.79. The second-order valence-corrected chi connectivity index (χ2v) is 4.63. The molecule has 1 saturated carbocycles. The molecule has 2 unspecified atom stereocenters. The fraction of sp³-hybridized carbons (Fsp3) is 0.692. The van der Waals surface area contributed by atoms with Crippen molar-refractivity contribution in [2.24, 2.45) is 5.92 Å². The van der Waals surface area contributed by atoms with Crippen molar-refractivity contribution in [2.75, 3.05) is 13.1 Å². The average molecular weight is 219 g/mol. The molecule has 16 heavy (non-hydrogen) atoms. The van der Waals surface area contributed by atoms with Crippen LogP contribution in [0.4, 0.5) is 0 Å². The summed E-state index contributed by atoms with van der Waals surface area (Å²) in [5.74, 6) is 1.42. The lowest BCUT2D eigenvalue weighted by atomic mass is 9.76. The summed E-state index contributed by atoms with van der Waals surface area (Å²) in [5, 5.41) is 3.48. The van der Waals surface area contributed by atoms with Gasteiger partial charge in [0.15, 0.2) is 0 Å². The van der Waals surface area contributed by atoms with Gasteiger partial charge in [-0.05, 0) is 43.3 Å². The number of hydrogen-bond acceptors (Lipinski definition) is 3. The molecule has 1 aromatic heterocycles. The first-order valence-electron chi connectivity index (χ1n) is 6.37. The van der Waals surface area contributed by atoms with Crippen LogP contribution in [0.5, 0.6) is 0 Å². The van der Waals surface area contributed by atoms with Gasteiger partial charge in [0.25, 0.3) is 0 Å². The molecule has 1 aliphatic rings. The zero-order valence-corrected chi connectivity index (χ0v) is 10.0. The SMILES string of the molecule is CCNCC1CCCCC1c1cncnc1. The fourth-order valence-electron chi connectivity index (χ4n) is 2.72. The molecule has 0 amide bonds. The molecule has 1 aromatic rings. The average Bonchev–Trinajstić information content (AvgIpc) is 2.38. The van der Waals surface area contributed by atoms with E-state index in [4.69, 9.17) is 0 Å². The lowest BCUT2D eigenvalue weighted by molar-refractivity contribution is 0.296. The van der Waals surface area contributed by atoms with E-state index in [1.54, 1.807) is 6.33 Å². The fourth-order valence-corrected chi connectivity index (χ4v) is 2.72. The van der Waals surface area contributed by atoms with Gasteiger partial charge < -0.3 is 5.32 Å². The summed E-state index contributed by atoms with van der Waals surface area (Å²) < 4.78 is 0. The molecular formula is C13H21N3. The molecule has 3 nitrogen and oxygen atoms in total. The zero-order valence-electron chi connectivity index (χ0n) is 10.0. The van der Waals surface area contributed by atoms with E-state index in [0.29, 0.717) is 5.92 Å². The Labute approximate surface area is 97.7 Å². The molecule has 0 aromatic carbocycles. The highest BCUT2D eigenvalue weighted by Crippen LogP contribution is 2.36. The van der Waals surface area contributed by atoms with E-state index in [2.05, 4.69) is 22.2 Å². The minimum atomic E-state index is 0.661. The van der Waals surface area contributed by atoms with Crippen molar-refractivity contribution < 1.29 is 0 Å². The number of aromatic nitrogens is 2. The van der Waals surface area contributed by atoms with Gasteiger partial charge in [0, 0.05) is 12.4 Å². The molecule has 0 saturated heterocycles. The molecule has 1 N–H and O–H groups in total. The molecule has 3 heteroatoms. The molecule has 1 aliphatic carbocycles. The smallest absolute Gasteiger partial charge is 0.115 e. The summed E-state index contributed by atoms with van der Waals surface area (Å²) in [6, 6.07) is 0. The Morgan fingerprint density at radius 2 is 2.00 bits per heavy atom. The Bertz CT molecular complexity index is 299. The maximum Gasteiger partial charge on any atom is 0.115 e. The van der Waals surface area contributed by atoms with Crippen molar-refractivity contribution in [2.45, 2.75) is 38.5 Å².